The van der Waals surface area contributed by atoms with E-state index in [0.717, 1.165) is 25.3 Å². The molecule has 0 amide bonds. The molecule has 0 spiro atoms. The van der Waals surface area contributed by atoms with Gasteiger partial charge in [-0.05, 0) is 24.6 Å². The maximum absolute atomic E-state index is 5.63. The summed E-state index contributed by atoms with van der Waals surface area (Å²) < 4.78 is 10.3. The second-order valence-corrected chi connectivity index (χ2v) is 4.00. The van der Waals surface area contributed by atoms with Gasteiger partial charge in [0.2, 0.25) is 0 Å². The van der Waals surface area contributed by atoms with Crippen molar-refractivity contribution in [3.8, 4) is 0 Å². The van der Waals surface area contributed by atoms with Crippen LogP contribution in [0.3, 0.4) is 0 Å². The van der Waals surface area contributed by atoms with Gasteiger partial charge in [-0.25, -0.2) is 4.98 Å². The number of hydrogen-bond donors (Lipinski definition) is 1. The number of ether oxygens (including phenoxy) is 2. The molecule has 1 aromatic rings. The molecule has 18 heavy (non-hydrogen) atoms. The number of nitrogens with zero attached hydrogens (tertiary/aromatic N) is 2. The first-order valence-corrected chi connectivity index (χ1v) is 6.20. The lowest BCUT2D eigenvalue weighted by atomic mass is 10.2. The molecule has 0 aliphatic carbocycles. The highest BCUT2D eigenvalue weighted by atomic mass is 16.5. The fourth-order valence-electron chi connectivity index (χ4n) is 1.79. The first-order valence-electron chi connectivity index (χ1n) is 6.20. The quantitative estimate of drug-likeness (QED) is 0.701. The van der Waals surface area contributed by atoms with Crippen LogP contribution < -0.4 is 10.6 Å². The molecule has 0 aliphatic heterocycles. The van der Waals surface area contributed by atoms with Crippen LogP contribution in [0.5, 0.6) is 0 Å². The van der Waals surface area contributed by atoms with Crippen LogP contribution in [-0.2, 0) is 15.9 Å². The molecule has 0 aromatic carbocycles. The Labute approximate surface area is 109 Å². The third-order valence-corrected chi connectivity index (χ3v) is 2.71. The number of pyridine rings is 1. The number of methoxy groups -OCH3 is 2. The minimum atomic E-state index is 0.626. The number of nitrogens with two attached hydrogens (primary N) is 1. The average Bonchev–Trinajstić information content (AvgIpc) is 2.40. The Hall–Kier alpha value is -1.17. The number of hydrogen-bond acceptors (Lipinski definition) is 5. The van der Waals surface area contributed by atoms with Crippen molar-refractivity contribution in [1.82, 2.24) is 4.98 Å². The summed E-state index contributed by atoms with van der Waals surface area (Å²) in [4.78, 5) is 6.64. The largest absolute Gasteiger partial charge is 0.383 e. The summed E-state index contributed by atoms with van der Waals surface area (Å²) in [7, 11) is 3.40. The monoisotopic (exact) mass is 253 g/mol. The van der Waals surface area contributed by atoms with Gasteiger partial charge in [-0.15, -0.1) is 0 Å². The molecule has 0 radical (unpaired) electrons. The van der Waals surface area contributed by atoms with Crippen LogP contribution in [-0.4, -0.2) is 52.1 Å². The summed E-state index contributed by atoms with van der Waals surface area (Å²) in [6.45, 7) is 3.56. The standard InChI is InChI=1S/C13H23N3O2/c1-17-10-8-16(9-11-18-2)13-12(5-6-14)4-3-7-15-13/h3-4,7H,5-6,8-11,14H2,1-2H3. The Kier molecular flexibility index (Phi) is 7.32. The third kappa shape index (κ3) is 4.60. The lowest BCUT2D eigenvalue weighted by Crippen LogP contribution is -2.32. The molecule has 0 bridgehead atoms. The summed E-state index contributed by atoms with van der Waals surface area (Å²) in [5.41, 5.74) is 6.81. The van der Waals surface area contributed by atoms with Gasteiger partial charge < -0.3 is 20.1 Å². The molecule has 0 saturated heterocycles. The predicted octanol–water partition coefficient (Wildman–Crippen LogP) is 0.682. The van der Waals surface area contributed by atoms with Crippen molar-refractivity contribution in [3.05, 3.63) is 23.9 Å². The fourth-order valence-corrected chi connectivity index (χ4v) is 1.79. The van der Waals surface area contributed by atoms with Gasteiger partial charge in [-0.1, -0.05) is 6.07 Å². The van der Waals surface area contributed by atoms with Crippen LogP contribution in [0.2, 0.25) is 0 Å². The molecular weight excluding hydrogens is 230 g/mol. The maximum Gasteiger partial charge on any atom is 0.131 e. The lowest BCUT2D eigenvalue weighted by Gasteiger charge is -2.25. The molecule has 2 N–H and O–H groups in total. The van der Waals surface area contributed by atoms with Gasteiger partial charge in [0.05, 0.1) is 13.2 Å². The Bertz CT molecular complexity index is 326. The first kappa shape index (κ1) is 14.9. The summed E-state index contributed by atoms with van der Waals surface area (Å²) in [6.07, 6.45) is 2.64. The smallest absolute Gasteiger partial charge is 0.131 e. The molecule has 1 aromatic heterocycles. The van der Waals surface area contributed by atoms with Crippen LogP contribution >= 0.6 is 0 Å². The molecule has 1 rings (SSSR count). The minimum absolute atomic E-state index is 0.626. The normalized spacial score (nSPS) is 10.6. The van der Waals surface area contributed by atoms with E-state index in [-0.39, 0.29) is 0 Å². The van der Waals surface area contributed by atoms with Gasteiger partial charge >= 0.3 is 0 Å². The van der Waals surface area contributed by atoms with Crippen LogP contribution in [0.4, 0.5) is 5.82 Å². The van der Waals surface area contributed by atoms with Crippen molar-refractivity contribution in [2.75, 3.05) is 52.0 Å². The van der Waals surface area contributed by atoms with E-state index in [0.29, 0.717) is 19.8 Å². The summed E-state index contributed by atoms with van der Waals surface area (Å²) >= 11 is 0. The Morgan fingerprint density at radius 1 is 1.22 bits per heavy atom. The van der Waals surface area contributed by atoms with Crippen molar-refractivity contribution in [1.29, 1.82) is 0 Å². The first-order chi connectivity index (χ1) is 8.83. The fraction of sp³-hybridized carbons (Fsp3) is 0.615. The number of rotatable bonds is 9. The zero-order valence-corrected chi connectivity index (χ0v) is 11.3. The molecule has 102 valence electrons. The molecule has 0 aliphatic rings. The second kappa shape index (κ2) is 8.85. The zero-order valence-electron chi connectivity index (χ0n) is 11.3. The van der Waals surface area contributed by atoms with Crippen LogP contribution in [0.25, 0.3) is 0 Å². The Morgan fingerprint density at radius 3 is 2.44 bits per heavy atom. The Balaban J connectivity index is 2.81. The molecule has 1 heterocycles. The average molecular weight is 253 g/mol. The van der Waals surface area contributed by atoms with E-state index in [4.69, 9.17) is 15.2 Å². The highest BCUT2D eigenvalue weighted by molar-refractivity contribution is 5.46. The highest BCUT2D eigenvalue weighted by Gasteiger charge is 2.11. The number of anilines is 1. The van der Waals surface area contributed by atoms with E-state index in [1.165, 1.54) is 5.56 Å². The molecule has 5 heteroatoms. The SMILES string of the molecule is COCCN(CCOC)c1ncccc1CCN. The summed E-state index contributed by atoms with van der Waals surface area (Å²) in [5, 5.41) is 0. The summed E-state index contributed by atoms with van der Waals surface area (Å²) in [5.74, 6) is 0.983. The highest BCUT2D eigenvalue weighted by Crippen LogP contribution is 2.17. The van der Waals surface area contributed by atoms with Gasteiger partial charge in [-0.3, -0.25) is 0 Å². The van der Waals surface area contributed by atoms with Crippen molar-refractivity contribution in [2.45, 2.75) is 6.42 Å². The molecule has 0 saturated carbocycles. The van der Waals surface area contributed by atoms with E-state index >= 15 is 0 Å². The second-order valence-electron chi connectivity index (χ2n) is 4.00. The molecule has 0 atom stereocenters. The van der Waals surface area contributed by atoms with Gasteiger partial charge in [-0.2, -0.15) is 0 Å². The van der Waals surface area contributed by atoms with E-state index in [1.807, 2.05) is 12.3 Å². The minimum Gasteiger partial charge on any atom is -0.383 e. The van der Waals surface area contributed by atoms with Crippen LogP contribution in [0.1, 0.15) is 5.56 Å². The van der Waals surface area contributed by atoms with Gasteiger partial charge in [0.25, 0.3) is 0 Å². The van der Waals surface area contributed by atoms with Crippen molar-refractivity contribution in [3.63, 3.8) is 0 Å². The van der Waals surface area contributed by atoms with E-state index in [2.05, 4.69) is 16.0 Å². The van der Waals surface area contributed by atoms with Crippen molar-refractivity contribution in [2.24, 2.45) is 5.73 Å². The van der Waals surface area contributed by atoms with E-state index in [1.54, 1.807) is 14.2 Å². The predicted molar refractivity (Wildman–Crippen MR) is 73.0 cm³/mol. The maximum atomic E-state index is 5.63. The molecule has 0 fully saturated rings. The van der Waals surface area contributed by atoms with Gasteiger partial charge in [0.15, 0.2) is 0 Å². The van der Waals surface area contributed by atoms with Crippen LogP contribution in [0, 0.1) is 0 Å². The Morgan fingerprint density at radius 2 is 1.89 bits per heavy atom. The number of aromatic nitrogens is 1. The van der Waals surface area contributed by atoms with Gasteiger partial charge in [0, 0.05) is 33.5 Å². The van der Waals surface area contributed by atoms with Gasteiger partial charge in [0.1, 0.15) is 5.82 Å². The van der Waals surface area contributed by atoms with Crippen molar-refractivity contribution < 1.29 is 9.47 Å². The lowest BCUT2D eigenvalue weighted by molar-refractivity contribution is 0.190. The molecular formula is C13H23N3O2. The van der Waals surface area contributed by atoms with E-state index < -0.39 is 0 Å². The molecule has 0 unspecified atom stereocenters. The van der Waals surface area contributed by atoms with Crippen LogP contribution in [0.15, 0.2) is 18.3 Å². The van der Waals surface area contributed by atoms with E-state index in [9.17, 15) is 0 Å². The summed E-state index contributed by atoms with van der Waals surface area (Å²) in [6, 6.07) is 4.01. The van der Waals surface area contributed by atoms with Crippen molar-refractivity contribution >= 4 is 5.82 Å². The molecule has 5 nitrogen and oxygen atoms in total. The topological polar surface area (TPSA) is 60.6 Å². The zero-order chi connectivity index (χ0) is 13.2. The third-order valence-electron chi connectivity index (χ3n) is 2.71.